The van der Waals surface area contributed by atoms with Gasteiger partial charge in [-0.2, -0.15) is 0 Å². The molecule has 0 saturated heterocycles. The zero-order valence-corrected chi connectivity index (χ0v) is 24.0. The molecule has 1 aliphatic heterocycles. The van der Waals surface area contributed by atoms with Crippen LogP contribution in [0.5, 0.6) is 5.75 Å². The maximum absolute atomic E-state index is 13.3. The molecule has 0 spiro atoms. The van der Waals surface area contributed by atoms with E-state index in [1.807, 2.05) is 31.3 Å². The fourth-order valence-electron chi connectivity index (χ4n) is 5.33. The van der Waals surface area contributed by atoms with Crippen LogP contribution in [0.2, 0.25) is 0 Å². The van der Waals surface area contributed by atoms with Gasteiger partial charge in [0.1, 0.15) is 11.6 Å². The summed E-state index contributed by atoms with van der Waals surface area (Å²) in [5, 5.41) is 3.31. The van der Waals surface area contributed by atoms with Gasteiger partial charge in [0, 0.05) is 12.7 Å². The average Bonchev–Trinajstić information content (AvgIpc) is 2.91. The Balaban J connectivity index is 1.48. The second-order valence-corrected chi connectivity index (χ2v) is 11.6. The predicted molar refractivity (Wildman–Crippen MR) is 156 cm³/mol. The Hall–Kier alpha value is -3.65. The van der Waals surface area contributed by atoms with E-state index in [0.29, 0.717) is 25.8 Å². The summed E-state index contributed by atoms with van der Waals surface area (Å²) in [5.41, 5.74) is 4.38. The lowest BCUT2D eigenvalue weighted by molar-refractivity contribution is -0.274. The van der Waals surface area contributed by atoms with Gasteiger partial charge in [-0.1, -0.05) is 63.2 Å². The summed E-state index contributed by atoms with van der Waals surface area (Å²) in [6.07, 6.45) is 1.61. The number of nitrogens with zero attached hydrogens (tertiary/aromatic N) is 2. The van der Waals surface area contributed by atoms with Gasteiger partial charge in [-0.15, -0.1) is 13.2 Å². The molecule has 218 valence electrons. The van der Waals surface area contributed by atoms with Crippen molar-refractivity contribution in [2.45, 2.75) is 70.3 Å². The van der Waals surface area contributed by atoms with E-state index < -0.39 is 6.36 Å². The first kappa shape index (κ1) is 30.3. The standard InChI is InChI=1S/C33H38F3N3O2/c1-32(2,3)26-15-13-24(14-16-26)31-25(9-7-8-23-11-17-27(18-12-23)41-33(34,35)36)22-29(40)28(39(31)4)19-21-38-30-10-5-6-20-37-30/h5-6,10-18,20,22,28,31H,7-9,19,21H2,1-4H3,(H,37,38)/t28-,31?/m0/s1. The highest BCUT2D eigenvalue weighted by atomic mass is 19.4. The zero-order valence-electron chi connectivity index (χ0n) is 24.0. The van der Waals surface area contributed by atoms with Crippen LogP contribution in [0.3, 0.4) is 0 Å². The van der Waals surface area contributed by atoms with Crippen molar-refractivity contribution in [2.75, 3.05) is 18.9 Å². The number of aryl methyl sites for hydroxylation is 1. The van der Waals surface area contributed by atoms with Gasteiger partial charge in [0.05, 0.1) is 12.1 Å². The summed E-state index contributed by atoms with van der Waals surface area (Å²) in [5.74, 6) is 0.634. The Morgan fingerprint density at radius 1 is 0.951 bits per heavy atom. The molecule has 1 aromatic heterocycles. The molecule has 1 aliphatic rings. The largest absolute Gasteiger partial charge is 0.573 e. The summed E-state index contributed by atoms with van der Waals surface area (Å²) >= 11 is 0. The van der Waals surface area contributed by atoms with Crippen LogP contribution in [0.25, 0.3) is 0 Å². The van der Waals surface area contributed by atoms with E-state index in [1.165, 1.54) is 17.7 Å². The molecule has 0 amide bonds. The molecule has 0 bridgehead atoms. The van der Waals surface area contributed by atoms with Gasteiger partial charge in [-0.3, -0.25) is 9.69 Å². The van der Waals surface area contributed by atoms with Gasteiger partial charge in [0.25, 0.3) is 0 Å². The van der Waals surface area contributed by atoms with Crippen molar-refractivity contribution >= 4 is 11.6 Å². The van der Waals surface area contributed by atoms with Crippen LogP contribution in [-0.4, -0.2) is 41.7 Å². The molecule has 1 N–H and O–H groups in total. The summed E-state index contributed by atoms with van der Waals surface area (Å²) in [6.45, 7) is 7.17. The third kappa shape index (κ3) is 8.43. The molecule has 0 fully saturated rings. The lowest BCUT2D eigenvalue weighted by atomic mass is 9.83. The highest BCUT2D eigenvalue weighted by molar-refractivity contribution is 5.96. The van der Waals surface area contributed by atoms with Gasteiger partial charge in [-0.05, 0) is 90.8 Å². The van der Waals surface area contributed by atoms with Crippen LogP contribution in [-0.2, 0) is 16.6 Å². The Bertz CT molecular complexity index is 1320. The van der Waals surface area contributed by atoms with E-state index in [0.717, 1.165) is 28.9 Å². The van der Waals surface area contributed by atoms with Gasteiger partial charge < -0.3 is 10.1 Å². The lowest BCUT2D eigenvalue weighted by Gasteiger charge is -2.39. The number of benzene rings is 2. The van der Waals surface area contributed by atoms with Crippen molar-refractivity contribution < 1.29 is 22.7 Å². The first-order chi connectivity index (χ1) is 19.4. The molecular weight excluding hydrogens is 527 g/mol. The Labute approximate surface area is 240 Å². The molecule has 0 radical (unpaired) electrons. The highest BCUT2D eigenvalue weighted by Crippen LogP contribution is 2.37. The Morgan fingerprint density at radius 2 is 1.66 bits per heavy atom. The number of carbonyl (C=O) groups is 1. The number of pyridine rings is 1. The summed E-state index contributed by atoms with van der Waals surface area (Å²) in [6, 6.07) is 20.0. The van der Waals surface area contributed by atoms with Crippen molar-refractivity contribution in [1.29, 1.82) is 0 Å². The number of likely N-dealkylation sites (N-methyl/N-ethyl adjacent to an activating group) is 1. The number of hydrogen-bond acceptors (Lipinski definition) is 5. The van der Waals surface area contributed by atoms with E-state index in [2.05, 4.69) is 65.0 Å². The Kier molecular flexibility index (Phi) is 9.53. The zero-order chi connectivity index (χ0) is 29.6. The molecule has 2 heterocycles. The van der Waals surface area contributed by atoms with E-state index in [-0.39, 0.29) is 29.0 Å². The summed E-state index contributed by atoms with van der Waals surface area (Å²) in [7, 11) is 2.01. The maximum Gasteiger partial charge on any atom is 0.573 e. The topological polar surface area (TPSA) is 54.5 Å². The number of carbonyl (C=O) groups excluding carboxylic acids is 1. The van der Waals surface area contributed by atoms with E-state index in [4.69, 9.17) is 0 Å². The number of alkyl halides is 3. The average molecular weight is 566 g/mol. The van der Waals surface area contributed by atoms with Crippen molar-refractivity contribution in [1.82, 2.24) is 9.88 Å². The van der Waals surface area contributed by atoms with Crippen molar-refractivity contribution in [3.8, 4) is 5.75 Å². The normalized spacial score (nSPS) is 18.2. The minimum atomic E-state index is -4.71. The molecule has 2 aromatic carbocycles. The quantitative estimate of drug-likeness (QED) is 0.274. The lowest BCUT2D eigenvalue weighted by Crippen LogP contribution is -2.45. The number of rotatable bonds is 10. The third-order valence-electron chi connectivity index (χ3n) is 7.48. The van der Waals surface area contributed by atoms with Crippen molar-refractivity contribution in [2.24, 2.45) is 0 Å². The highest BCUT2D eigenvalue weighted by Gasteiger charge is 2.35. The second kappa shape index (κ2) is 12.9. The molecule has 5 nitrogen and oxygen atoms in total. The monoisotopic (exact) mass is 565 g/mol. The number of hydrogen-bond donors (Lipinski definition) is 1. The van der Waals surface area contributed by atoms with Gasteiger partial charge >= 0.3 is 6.36 Å². The minimum absolute atomic E-state index is 0.0337. The Morgan fingerprint density at radius 3 is 2.27 bits per heavy atom. The van der Waals surface area contributed by atoms with E-state index in [1.54, 1.807) is 18.3 Å². The van der Waals surface area contributed by atoms with E-state index in [9.17, 15) is 18.0 Å². The molecule has 8 heteroatoms. The smallest absolute Gasteiger partial charge is 0.406 e. The van der Waals surface area contributed by atoms with Crippen molar-refractivity contribution in [3.63, 3.8) is 0 Å². The fourth-order valence-corrected chi connectivity index (χ4v) is 5.33. The molecule has 1 unspecified atom stereocenters. The van der Waals surface area contributed by atoms with Crippen LogP contribution in [0.4, 0.5) is 19.0 Å². The number of nitrogens with one attached hydrogen (secondary N) is 1. The van der Waals surface area contributed by atoms with Crippen LogP contribution in [0.1, 0.15) is 62.8 Å². The number of anilines is 1. The molecule has 0 saturated carbocycles. The number of aromatic nitrogens is 1. The van der Waals surface area contributed by atoms with Gasteiger partial charge in [0.2, 0.25) is 0 Å². The summed E-state index contributed by atoms with van der Waals surface area (Å²) in [4.78, 5) is 19.8. The molecular formula is C33H38F3N3O2. The van der Waals surface area contributed by atoms with Gasteiger partial charge in [-0.25, -0.2) is 4.98 Å². The maximum atomic E-state index is 13.3. The molecule has 3 aromatic rings. The predicted octanol–water partition coefficient (Wildman–Crippen LogP) is 7.65. The molecule has 2 atom stereocenters. The first-order valence-electron chi connectivity index (χ1n) is 14.0. The number of halogens is 3. The number of ether oxygens (including phenoxy) is 1. The molecule has 41 heavy (non-hydrogen) atoms. The fraction of sp³-hybridized carbons (Fsp3) is 0.394. The second-order valence-electron chi connectivity index (χ2n) is 11.6. The third-order valence-corrected chi connectivity index (χ3v) is 7.48. The summed E-state index contributed by atoms with van der Waals surface area (Å²) < 4.78 is 41.4. The first-order valence-corrected chi connectivity index (χ1v) is 14.0. The van der Waals surface area contributed by atoms with E-state index >= 15 is 0 Å². The van der Waals surface area contributed by atoms with Crippen LogP contribution >= 0.6 is 0 Å². The van der Waals surface area contributed by atoms with Gasteiger partial charge in [0.15, 0.2) is 5.78 Å². The minimum Gasteiger partial charge on any atom is -0.406 e. The molecule has 0 aliphatic carbocycles. The SMILES string of the molecule is CN1C(c2ccc(C(C)(C)C)cc2)C(CCCc2ccc(OC(F)(F)F)cc2)=CC(=O)[C@@H]1CCNc1ccccn1. The van der Waals surface area contributed by atoms with Crippen LogP contribution in [0, 0.1) is 0 Å². The molecule has 4 rings (SSSR count). The van der Waals surface area contributed by atoms with Crippen molar-refractivity contribution in [3.05, 3.63) is 101 Å². The number of ketones is 1. The van der Waals surface area contributed by atoms with Crippen LogP contribution in [0.15, 0.2) is 84.6 Å². The van der Waals surface area contributed by atoms with Crippen LogP contribution < -0.4 is 10.1 Å².